The number of rotatable bonds is 6. The third-order valence-electron chi connectivity index (χ3n) is 4.30. The zero-order chi connectivity index (χ0) is 19.3. The molecule has 1 N–H and O–H groups in total. The number of halogens is 1. The molecule has 1 heterocycles. The van der Waals surface area contributed by atoms with Crippen LogP contribution < -0.4 is 9.46 Å². The second-order valence-electron chi connectivity index (χ2n) is 6.31. The van der Waals surface area contributed by atoms with Gasteiger partial charge < -0.3 is 9.64 Å². The Morgan fingerprint density at radius 2 is 1.63 bits per heavy atom. The Labute approximate surface area is 164 Å². The van der Waals surface area contributed by atoms with Gasteiger partial charge in [-0.25, -0.2) is 8.42 Å². The smallest absolute Gasteiger partial charge is 0.261 e. The number of likely N-dealkylation sites (tertiary alicyclic amines) is 1. The van der Waals surface area contributed by atoms with Crippen molar-refractivity contribution in [3.05, 3.63) is 53.6 Å². The summed E-state index contributed by atoms with van der Waals surface area (Å²) in [5.41, 5.74) is 0.423. The SMILES string of the molecule is O=C(COc1ccc(S(=O)(=O)Nc2ccc(Cl)cc2)cc1)N1CCCCC1. The van der Waals surface area contributed by atoms with Crippen LogP contribution in [-0.4, -0.2) is 38.9 Å². The lowest BCUT2D eigenvalue weighted by Gasteiger charge is -2.26. The molecule has 1 aliphatic rings. The largest absolute Gasteiger partial charge is 0.484 e. The van der Waals surface area contributed by atoms with Crippen LogP contribution in [0.25, 0.3) is 0 Å². The topological polar surface area (TPSA) is 75.7 Å². The van der Waals surface area contributed by atoms with E-state index in [1.165, 1.54) is 12.1 Å². The van der Waals surface area contributed by atoms with Crippen LogP contribution in [0.3, 0.4) is 0 Å². The number of ether oxygens (including phenoxy) is 1. The number of nitrogens with zero attached hydrogens (tertiary/aromatic N) is 1. The fourth-order valence-electron chi connectivity index (χ4n) is 2.83. The quantitative estimate of drug-likeness (QED) is 0.793. The Bertz CT molecular complexity index is 877. The van der Waals surface area contributed by atoms with Gasteiger partial charge in [0.25, 0.3) is 15.9 Å². The van der Waals surface area contributed by atoms with Crippen LogP contribution in [0.5, 0.6) is 5.75 Å². The van der Waals surface area contributed by atoms with E-state index in [4.69, 9.17) is 16.3 Å². The van der Waals surface area contributed by atoms with E-state index in [9.17, 15) is 13.2 Å². The first-order valence-electron chi connectivity index (χ1n) is 8.73. The Kier molecular flexibility index (Phi) is 6.23. The van der Waals surface area contributed by atoms with Gasteiger partial charge in [0, 0.05) is 23.8 Å². The highest BCUT2D eigenvalue weighted by atomic mass is 35.5. The standard InChI is InChI=1S/C19H21ClN2O4S/c20-15-4-6-16(7-5-15)21-27(24,25)18-10-8-17(9-11-18)26-14-19(23)22-12-2-1-3-13-22/h4-11,21H,1-3,12-14H2. The molecule has 1 aliphatic heterocycles. The van der Waals surface area contributed by atoms with Crippen LogP contribution in [0.1, 0.15) is 19.3 Å². The van der Waals surface area contributed by atoms with Gasteiger partial charge in [-0.15, -0.1) is 0 Å². The number of carbonyl (C=O) groups is 1. The average molecular weight is 409 g/mol. The maximum atomic E-state index is 12.4. The Morgan fingerprint density at radius 1 is 1.00 bits per heavy atom. The molecule has 1 fully saturated rings. The molecule has 3 rings (SSSR count). The van der Waals surface area contributed by atoms with Crippen molar-refractivity contribution in [2.45, 2.75) is 24.2 Å². The first-order chi connectivity index (χ1) is 12.9. The summed E-state index contributed by atoms with van der Waals surface area (Å²) >= 11 is 5.80. The summed E-state index contributed by atoms with van der Waals surface area (Å²) in [6, 6.07) is 12.4. The molecule has 2 aromatic rings. The van der Waals surface area contributed by atoms with Gasteiger partial charge in [0.2, 0.25) is 0 Å². The monoisotopic (exact) mass is 408 g/mol. The summed E-state index contributed by atoms with van der Waals surface area (Å²) in [6.07, 6.45) is 3.21. The molecule has 144 valence electrons. The Hall–Kier alpha value is -2.25. The van der Waals surface area contributed by atoms with Gasteiger partial charge in [-0.2, -0.15) is 0 Å². The molecule has 6 nitrogen and oxygen atoms in total. The minimum atomic E-state index is -3.72. The number of nitrogens with one attached hydrogen (secondary N) is 1. The fraction of sp³-hybridized carbons (Fsp3) is 0.316. The zero-order valence-electron chi connectivity index (χ0n) is 14.7. The summed E-state index contributed by atoms with van der Waals surface area (Å²) in [4.78, 5) is 14.0. The third-order valence-corrected chi connectivity index (χ3v) is 5.95. The van der Waals surface area contributed by atoms with Crippen LogP contribution >= 0.6 is 11.6 Å². The summed E-state index contributed by atoms with van der Waals surface area (Å²) in [5.74, 6) is 0.404. The van der Waals surface area contributed by atoms with Crippen LogP contribution in [0.2, 0.25) is 5.02 Å². The van der Waals surface area contributed by atoms with E-state index in [1.807, 2.05) is 0 Å². The molecule has 0 unspecified atom stereocenters. The average Bonchev–Trinajstić information content (AvgIpc) is 2.69. The molecule has 0 aromatic heterocycles. The number of carbonyl (C=O) groups excluding carboxylic acids is 1. The van der Waals surface area contributed by atoms with Gasteiger partial charge in [0.1, 0.15) is 5.75 Å². The maximum absolute atomic E-state index is 12.4. The lowest BCUT2D eigenvalue weighted by Crippen LogP contribution is -2.38. The minimum absolute atomic E-state index is 0.0456. The fourth-order valence-corrected chi connectivity index (χ4v) is 4.01. The lowest BCUT2D eigenvalue weighted by atomic mass is 10.1. The summed E-state index contributed by atoms with van der Waals surface area (Å²) in [7, 11) is -3.72. The summed E-state index contributed by atoms with van der Waals surface area (Å²) in [5, 5.41) is 0.526. The molecule has 2 aromatic carbocycles. The van der Waals surface area contributed by atoms with E-state index in [-0.39, 0.29) is 17.4 Å². The molecule has 0 spiro atoms. The van der Waals surface area contributed by atoms with Crippen molar-refractivity contribution in [1.82, 2.24) is 4.90 Å². The molecule has 1 amide bonds. The normalized spacial score (nSPS) is 14.6. The highest BCUT2D eigenvalue weighted by Crippen LogP contribution is 2.21. The number of hydrogen-bond acceptors (Lipinski definition) is 4. The van der Waals surface area contributed by atoms with E-state index in [1.54, 1.807) is 41.3 Å². The van der Waals surface area contributed by atoms with Crippen molar-refractivity contribution in [1.29, 1.82) is 0 Å². The second-order valence-corrected chi connectivity index (χ2v) is 8.43. The van der Waals surface area contributed by atoms with Crippen molar-refractivity contribution in [2.75, 3.05) is 24.4 Å². The van der Waals surface area contributed by atoms with Crippen molar-refractivity contribution in [3.63, 3.8) is 0 Å². The first-order valence-corrected chi connectivity index (χ1v) is 10.6. The van der Waals surface area contributed by atoms with E-state index in [2.05, 4.69) is 4.72 Å². The van der Waals surface area contributed by atoms with Gasteiger partial charge >= 0.3 is 0 Å². The molecule has 0 saturated carbocycles. The second kappa shape index (κ2) is 8.63. The Morgan fingerprint density at radius 3 is 2.26 bits per heavy atom. The minimum Gasteiger partial charge on any atom is -0.484 e. The summed E-state index contributed by atoms with van der Waals surface area (Å²) in [6.45, 7) is 1.50. The molecular weight excluding hydrogens is 388 g/mol. The lowest BCUT2D eigenvalue weighted by molar-refractivity contribution is -0.134. The number of hydrogen-bond donors (Lipinski definition) is 1. The van der Waals surface area contributed by atoms with Crippen molar-refractivity contribution < 1.29 is 17.9 Å². The maximum Gasteiger partial charge on any atom is 0.261 e. The van der Waals surface area contributed by atoms with E-state index >= 15 is 0 Å². The van der Waals surface area contributed by atoms with Crippen molar-refractivity contribution >= 4 is 33.2 Å². The molecule has 1 saturated heterocycles. The number of piperidine rings is 1. The van der Waals surface area contributed by atoms with E-state index in [0.29, 0.717) is 16.5 Å². The molecule has 0 bridgehead atoms. The zero-order valence-corrected chi connectivity index (χ0v) is 16.3. The number of anilines is 1. The number of benzene rings is 2. The van der Waals surface area contributed by atoms with E-state index < -0.39 is 10.0 Å². The van der Waals surface area contributed by atoms with Gasteiger partial charge in [-0.05, 0) is 67.8 Å². The molecule has 0 atom stereocenters. The Balaban J connectivity index is 1.58. The van der Waals surface area contributed by atoms with Crippen molar-refractivity contribution in [2.24, 2.45) is 0 Å². The van der Waals surface area contributed by atoms with Crippen LogP contribution in [0.4, 0.5) is 5.69 Å². The van der Waals surface area contributed by atoms with Crippen molar-refractivity contribution in [3.8, 4) is 5.75 Å². The molecule has 8 heteroatoms. The molecular formula is C19H21ClN2O4S. The number of amides is 1. The molecule has 0 aliphatic carbocycles. The van der Waals surface area contributed by atoms with Gasteiger partial charge in [-0.1, -0.05) is 11.6 Å². The predicted octanol–water partition coefficient (Wildman–Crippen LogP) is 3.53. The van der Waals surface area contributed by atoms with Crippen LogP contribution in [0.15, 0.2) is 53.4 Å². The van der Waals surface area contributed by atoms with E-state index in [0.717, 1.165) is 32.4 Å². The van der Waals surface area contributed by atoms with Crippen LogP contribution in [-0.2, 0) is 14.8 Å². The van der Waals surface area contributed by atoms with Crippen LogP contribution in [0, 0.1) is 0 Å². The number of sulfonamides is 1. The molecule has 27 heavy (non-hydrogen) atoms. The first kappa shape index (κ1) is 19.5. The molecule has 0 radical (unpaired) electrons. The predicted molar refractivity (Wildman–Crippen MR) is 105 cm³/mol. The summed E-state index contributed by atoms with van der Waals surface area (Å²) < 4.78 is 32.8. The third kappa shape index (κ3) is 5.37. The highest BCUT2D eigenvalue weighted by Gasteiger charge is 2.17. The van der Waals surface area contributed by atoms with Gasteiger partial charge in [0.05, 0.1) is 4.90 Å². The highest BCUT2D eigenvalue weighted by molar-refractivity contribution is 7.92. The van der Waals surface area contributed by atoms with Gasteiger partial charge in [0.15, 0.2) is 6.61 Å². The van der Waals surface area contributed by atoms with Gasteiger partial charge in [-0.3, -0.25) is 9.52 Å².